The van der Waals surface area contributed by atoms with Crippen LogP contribution >= 0.6 is 11.8 Å². The summed E-state index contributed by atoms with van der Waals surface area (Å²) in [6.07, 6.45) is 2.22. The molecule has 1 saturated heterocycles. The number of likely N-dealkylation sites (N-methyl/N-ethyl adjacent to an activating group) is 1. The molecule has 2 heterocycles. The predicted octanol–water partition coefficient (Wildman–Crippen LogP) is -1.36. The summed E-state index contributed by atoms with van der Waals surface area (Å²) in [5.74, 6) is -1.92. The highest BCUT2D eigenvalue weighted by molar-refractivity contribution is 7.99. The molecule has 1 unspecified atom stereocenters. The van der Waals surface area contributed by atoms with Crippen LogP contribution in [0.15, 0.2) is 41.7 Å². The zero-order valence-corrected chi connectivity index (χ0v) is 32.6. The molecule has 304 valence electrons. The van der Waals surface area contributed by atoms with E-state index < -0.39 is 73.5 Å². The normalized spacial score (nSPS) is 21.5. The molecule has 3 rings (SSSR count). The number of hydrogen-bond acceptors (Lipinski definition) is 13. The number of nitrogens with one attached hydrogen (secondary N) is 6. The maximum Gasteiger partial charge on any atom is 0.305 e. The van der Waals surface area contributed by atoms with E-state index in [1.165, 1.54) is 11.8 Å². The minimum Gasteiger partial charge on any atom is -0.493 e. The van der Waals surface area contributed by atoms with Crippen molar-refractivity contribution in [3.8, 4) is 11.5 Å². The van der Waals surface area contributed by atoms with Crippen LogP contribution in [0.25, 0.3) is 0 Å². The number of amides is 5. The maximum atomic E-state index is 13.4. The van der Waals surface area contributed by atoms with Gasteiger partial charge >= 0.3 is 5.97 Å². The van der Waals surface area contributed by atoms with Crippen molar-refractivity contribution in [1.29, 1.82) is 0 Å². The zero-order valence-electron chi connectivity index (χ0n) is 31.8. The first-order chi connectivity index (χ1) is 26.2. The van der Waals surface area contributed by atoms with Crippen LogP contribution in [0.5, 0.6) is 11.5 Å². The lowest BCUT2D eigenvalue weighted by Crippen LogP contribution is -2.57. The van der Waals surface area contributed by atoms with Gasteiger partial charge in [0.2, 0.25) is 29.5 Å². The third-order valence-electron chi connectivity index (χ3n) is 8.59. The third-order valence-corrected chi connectivity index (χ3v) is 9.64. The second kappa shape index (κ2) is 22.4. The highest BCUT2D eigenvalue weighted by atomic mass is 32.2. The summed E-state index contributed by atoms with van der Waals surface area (Å²) < 4.78 is 12.2. The van der Waals surface area contributed by atoms with E-state index in [2.05, 4.69) is 31.9 Å². The number of carboxylic acid groups (broad SMARTS) is 1. The summed E-state index contributed by atoms with van der Waals surface area (Å²) in [4.78, 5) is 79.3. The van der Waals surface area contributed by atoms with Crippen molar-refractivity contribution >= 4 is 47.3 Å². The molecule has 55 heavy (non-hydrogen) atoms. The number of allylic oxidation sites excluding steroid dienone is 2. The molecule has 1 aromatic rings. The quantitative estimate of drug-likeness (QED) is 0.0877. The van der Waals surface area contributed by atoms with Gasteiger partial charge in [0.05, 0.1) is 38.0 Å². The number of benzene rings is 1. The number of aryl methyl sites for hydroxylation is 1. The molecule has 1 aromatic carbocycles. The van der Waals surface area contributed by atoms with Crippen molar-refractivity contribution in [1.82, 2.24) is 36.8 Å². The Kier molecular flexibility index (Phi) is 18.1. The Morgan fingerprint density at radius 2 is 1.80 bits per heavy atom. The lowest BCUT2D eigenvalue weighted by Gasteiger charge is -2.29. The Balaban J connectivity index is 1.76. The lowest BCUT2D eigenvalue weighted by molar-refractivity contribution is -0.139. The van der Waals surface area contributed by atoms with Crippen LogP contribution in [0, 0.1) is 12.8 Å². The van der Waals surface area contributed by atoms with Gasteiger partial charge in [0.1, 0.15) is 23.6 Å². The van der Waals surface area contributed by atoms with Crippen molar-refractivity contribution in [3.63, 3.8) is 0 Å². The standard InChI is InChI=1S/C36H55N9O9S/c1-21(2)32-35(52)43-25(10-14-55-15-11-37)34(51)40-18-29(46)42-26(17-31(48)49)36(41-19-30(47)44-32)54-27-16-24(8-6-22(27)3)53-13-5-12-39-33(50)23-7-9-28(38)45(4)20-23/h6-9,16,21,25-26,32,36,41H,5,10-15,17-20,37-38H2,1-4H3,(H,39,50)(H,40,51)(H,42,46)(H,43,52)(H,44,47)(H,48,49)/t25-,26-,32-,36?/m0/s1. The molecule has 1 fully saturated rings. The van der Waals surface area contributed by atoms with E-state index in [0.717, 1.165) is 0 Å². The minimum atomic E-state index is -1.27. The average molecular weight is 790 g/mol. The fourth-order valence-electron chi connectivity index (χ4n) is 5.48. The van der Waals surface area contributed by atoms with Crippen molar-refractivity contribution < 1.29 is 43.3 Å². The highest BCUT2D eigenvalue weighted by Crippen LogP contribution is 2.26. The van der Waals surface area contributed by atoms with Gasteiger partial charge in [-0.1, -0.05) is 19.9 Å². The predicted molar refractivity (Wildman–Crippen MR) is 207 cm³/mol. The molecular formula is C36H55N9O9S. The number of ether oxygens (including phenoxy) is 2. The van der Waals surface area contributed by atoms with Gasteiger partial charge in [-0.05, 0) is 55.2 Å². The van der Waals surface area contributed by atoms with E-state index in [1.807, 2.05) is 0 Å². The van der Waals surface area contributed by atoms with E-state index in [-0.39, 0.29) is 30.6 Å². The number of thioether (sulfide) groups is 1. The second-order valence-electron chi connectivity index (χ2n) is 13.5. The molecule has 0 saturated carbocycles. The van der Waals surface area contributed by atoms with Crippen LogP contribution in [0.4, 0.5) is 0 Å². The molecule has 0 bridgehead atoms. The number of rotatable bonds is 16. The van der Waals surface area contributed by atoms with Crippen LogP contribution in [0.1, 0.15) is 38.7 Å². The molecule has 2 aliphatic rings. The van der Waals surface area contributed by atoms with Crippen molar-refractivity contribution in [3.05, 3.63) is 47.3 Å². The SMILES string of the molecule is Cc1ccc(OCCCNC(=O)C2=CC=C(N)N(C)C2)cc1OC1NCC(=O)N[C@@H](C(C)C)C(=O)N[C@@H](CCSCCN)C(=O)NCC(=O)N[C@H]1CC(=O)O. The first-order valence-corrected chi connectivity index (χ1v) is 19.3. The van der Waals surface area contributed by atoms with Gasteiger partial charge in [-0.25, -0.2) is 0 Å². The second-order valence-corrected chi connectivity index (χ2v) is 14.7. The van der Waals surface area contributed by atoms with E-state index >= 15 is 0 Å². The number of aliphatic carboxylic acids is 1. The molecule has 0 radical (unpaired) electrons. The summed E-state index contributed by atoms with van der Waals surface area (Å²) in [5, 5.41) is 26.1. The summed E-state index contributed by atoms with van der Waals surface area (Å²) in [6.45, 7) is 5.75. The number of hydrogen-bond donors (Lipinski definition) is 9. The van der Waals surface area contributed by atoms with Crippen LogP contribution in [-0.2, 0) is 28.8 Å². The van der Waals surface area contributed by atoms with Gasteiger partial charge in [-0.15, -0.1) is 0 Å². The van der Waals surface area contributed by atoms with Gasteiger partial charge in [0.15, 0.2) is 6.23 Å². The number of carbonyl (C=O) groups excluding carboxylic acids is 5. The molecule has 18 nitrogen and oxygen atoms in total. The van der Waals surface area contributed by atoms with Gasteiger partial charge < -0.3 is 57.5 Å². The molecule has 19 heteroatoms. The van der Waals surface area contributed by atoms with E-state index in [9.17, 15) is 33.9 Å². The lowest BCUT2D eigenvalue weighted by atomic mass is 10.0. The Hall–Kier alpha value is -5.01. The van der Waals surface area contributed by atoms with Gasteiger partial charge in [-0.3, -0.25) is 34.1 Å². The third kappa shape index (κ3) is 15.0. The number of nitrogens with zero attached hydrogens (tertiary/aromatic N) is 1. The molecule has 0 spiro atoms. The summed E-state index contributed by atoms with van der Waals surface area (Å²) >= 11 is 1.50. The molecule has 2 aliphatic heterocycles. The smallest absolute Gasteiger partial charge is 0.305 e. The van der Waals surface area contributed by atoms with E-state index in [0.29, 0.717) is 60.3 Å². The van der Waals surface area contributed by atoms with E-state index in [4.69, 9.17) is 20.9 Å². The first-order valence-electron chi connectivity index (χ1n) is 18.1. The van der Waals surface area contributed by atoms with Crippen LogP contribution in [-0.4, -0.2) is 128 Å². The summed E-state index contributed by atoms with van der Waals surface area (Å²) in [5.41, 5.74) is 12.6. The van der Waals surface area contributed by atoms with Crippen LogP contribution < -0.4 is 52.8 Å². The zero-order chi connectivity index (χ0) is 40.5. The Bertz CT molecular complexity index is 1590. The molecule has 11 N–H and O–H groups in total. The van der Waals surface area contributed by atoms with Gasteiger partial charge in [-0.2, -0.15) is 11.8 Å². The summed E-state index contributed by atoms with van der Waals surface area (Å²) in [6, 6.07) is 1.81. The minimum absolute atomic E-state index is 0.202. The van der Waals surface area contributed by atoms with Crippen LogP contribution in [0.2, 0.25) is 0 Å². The number of carboxylic acids is 1. The van der Waals surface area contributed by atoms with Gasteiger partial charge in [0, 0.05) is 44.1 Å². The van der Waals surface area contributed by atoms with Crippen LogP contribution in [0.3, 0.4) is 0 Å². The van der Waals surface area contributed by atoms with Gasteiger partial charge in [0.25, 0.3) is 0 Å². The number of nitrogens with two attached hydrogens (primary N) is 2. The molecule has 5 amide bonds. The summed E-state index contributed by atoms with van der Waals surface area (Å²) in [7, 11) is 1.80. The maximum absolute atomic E-state index is 13.4. The Morgan fingerprint density at radius 1 is 1.05 bits per heavy atom. The van der Waals surface area contributed by atoms with E-state index in [1.54, 1.807) is 63.1 Å². The monoisotopic (exact) mass is 789 g/mol. The largest absolute Gasteiger partial charge is 0.493 e. The Morgan fingerprint density at radius 3 is 2.49 bits per heavy atom. The number of carbonyl (C=O) groups is 6. The van der Waals surface area contributed by atoms with Crippen molar-refractivity contribution in [2.24, 2.45) is 17.4 Å². The fourth-order valence-corrected chi connectivity index (χ4v) is 6.25. The van der Waals surface area contributed by atoms with Crippen molar-refractivity contribution in [2.75, 3.05) is 57.9 Å². The molecule has 0 aromatic heterocycles. The fraction of sp³-hybridized carbons (Fsp3) is 0.556. The molecule has 4 atom stereocenters. The van der Waals surface area contributed by atoms with Crippen molar-refractivity contribution in [2.45, 2.75) is 64.4 Å². The average Bonchev–Trinajstić information content (AvgIpc) is 3.13. The topological polar surface area (TPSA) is 269 Å². The first kappa shape index (κ1) is 44.4. The highest BCUT2D eigenvalue weighted by Gasteiger charge is 2.32. The molecule has 0 aliphatic carbocycles. The molecular weight excluding hydrogens is 735 g/mol. The Labute approximate surface area is 325 Å².